The lowest BCUT2D eigenvalue weighted by molar-refractivity contribution is 0.416. The minimum absolute atomic E-state index is 0.603. The summed E-state index contributed by atoms with van der Waals surface area (Å²) in [7, 11) is 0. The molecule has 0 aliphatic carbocycles. The predicted octanol–water partition coefficient (Wildman–Crippen LogP) is 1.35. The van der Waals surface area contributed by atoms with Crippen molar-refractivity contribution < 1.29 is 0 Å². The first-order valence-corrected chi connectivity index (χ1v) is 5.90. The van der Waals surface area contributed by atoms with Crippen molar-refractivity contribution in [1.82, 2.24) is 10.6 Å². The second-order valence-electron chi connectivity index (χ2n) is 4.23. The van der Waals surface area contributed by atoms with Crippen LogP contribution in [0.25, 0.3) is 0 Å². The minimum Gasteiger partial charge on any atom is -0.314 e. The molecule has 1 unspecified atom stereocenters. The molecule has 1 aliphatic heterocycles. The second kappa shape index (κ2) is 5.29. The second-order valence-corrected chi connectivity index (χ2v) is 4.23. The summed E-state index contributed by atoms with van der Waals surface area (Å²) in [6, 6.07) is 9.60. The lowest BCUT2D eigenvalue weighted by atomic mass is 10.0. The van der Waals surface area contributed by atoms with E-state index in [0.29, 0.717) is 6.04 Å². The molecule has 1 heterocycles. The number of aryl methyl sites for hydroxylation is 1. The molecule has 2 N–H and O–H groups in total. The maximum atomic E-state index is 3.53. The molecule has 1 aromatic carbocycles. The number of rotatable bonds is 3. The Balaban J connectivity index is 1.91. The van der Waals surface area contributed by atoms with E-state index in [1.807, 2.05) is 0 Å². The minimum atomic E-state index is 0.603. The molecule has 82 valence electrons. The summed E-state index contributed by atoms with van der Waals surface area (Å²) in [6.45, 7) is 5.49. The molecule has 0 aromatic heterocycles. The average molecular weight is 204 g/mol. The lowest BCUT2D eigenvalue weighted by Gasteiger charge is -2.24. The molecule has 0 spiro atoms. The third-order valence-electron chi connectivity index (χ3n) is 3.04. The van der Waals surface area contributed by atoms with Gasteiger partial charge in [-0.2, -0.15) is 0 Å². The van der Waals surface area contributed by atoms with Crippen LogP contribution in [-0.2, 0) is 12.8 Å². The zero-order chi connectivity index (χ0) is 10.5. The Bertz CT molecular complexity index is 286. The van der Waals surface area contributed by atoms with Crippen LogP contribution in [0.2, 0.25) is 0 Å². The van der Waals surface area contributed by atoms with Gasteiger partial charge in [0, 0.05) is 25.7 Å². The smallest absolute Gasteiger partial charge is 0.0233 e. The summed E-state index contributed by atoms with van der Waals surface area (Å²) in [5.41, 5.74) is 2.86. The van der Waals surface area contributed by atoms with Gasteiger partial charge in [0.05, 0.1) is 0 Å². The van der Waals surface area contributed by atoms with Gasteiger partial charge in [0.2, 0.25) is 0 Å². The first kappa shape index (κ1) is 10.7. The van der Waals surface area contributed by atoms with Crippen molar-refractivity contribution in [3.63, 3.8) is 0 Å². The van der Waals surface area contributed by atoms with Gasteiger partial charge in [-0.05, 0) is 24.0 Å². The van der Waals surface area contributed by atoms with E-state index in [-0.39, 0.29) is 0 Å². The highest BCUT2D eigenvalue weighted by atomic mass is 15.0. The molecule has 1 atom stereocenters. The van der Waals surface area contributed by atoms with E-state index < -0.39 is 0 Å². The van der Waals surface area contributed by atoms with Crippen molar-refractivity contribution in [3.8, 4) is 0 Å². The molecule has 1 aliphatic rings. The van der Waals surface area contributed by atoms with Gasteiger partial charge in [-0.25, -0.2) is 0 Å². The number of piperazine rings is 1. The van der Waals surface area contributed by atoms with Gasteiger partial charge in [0.15, 0.2) is 0 Å². The number of nitrogens with one attached hydrogen (secondary N) is 2. The van der Waals surface area contributed by atoms with E-state index in [0.717, 1.165) is 32.5 Å². The Morgan fingerprint density at radius 3 is 2.47 bits per heavy atom. The monoisotopic (exact) mass is 204 g/mol. The lowest BCUT2D eigenvalue weighted by Crippen LogP contribution is -2.49. The quantitative estimate of drug-likeness (QED) is 0.776. The van der Waals surface area contributed by atoms with Crippen LogP contribution in [0.5, 0.6) is 0 Å². The van der Waals surface area contributed by atoms with Crippen molar-refractivity contribution in [2.45, 2.75) is 25.8 Å². The van der Waals surface area contributed by atoms with Crippen molar-refractivity contribution in [2.75, 3.05) is 19.6 Å². The molecular weight excluding hydrogens is 184 g/mol. The fourth-order valence-electron chi connectivity index (χ4n) is 2.05. The number of hydrogen-bond donors (Lipinski definition) is 2. The van der Waals surface area contributed by atoms with Crippen LogP contribution < -0.4 is 10.6 Å². The van der Waals surface area contributed by atoms with Gasteiger partial charge >= 0.3 is 0 Å². The predicted molar refractivity (Wildman–Crippen MR) is 64.2 cm³/mol. The Hall–Kier alpha value is -0.860. The van der Waals surface area contributed by atoms with E-state index in [1.165, 1.54) is 11.1 Å². The Labute approximate surface area is 92.1 Å². The van der Waals surface area contributed by atoms with Crippen molar-refractivity contribution in [3.05, 3.63) is 35.4 Å². The van der Waals surface area contributed by atoms with E-state index >= 15 is 0 Å². The van der Waals surface area contributed by atoms with Crippen molar-refractivity contribution in [2.24, 2.45) is 0 Å². The van der Waals surface area contributed by atoms with Crippen LogP contribution in [0.15, 0.2) is 24.3 Å². The maximum absolute atomic E-state index is 3.53. The Morgan fingerprint density at radius 1 is 1.13 bits per heavy atom. The molecule has 0 radical (unpaired) electrons. The highest BCUT2D eigenvalue weighted by Crippen LogP contribution is 2.07. The molecule has 2 nitrogen and oxygen atoms in total. The molecule has 0 bridgehead atoms. The molecule has 2 heteroatoms. The Morgan fingerprint density at radius 2 is 1.87 bits per heavy atom. The van der Waals surface area contributed by atoms with Gasteiger partial charge in [-0.3, -0.25) is 0 Å². The highest BCUT2D eigenvalue weighted by molar-refractivity contribution is 5.23. The van der Waals surface area contributed by atoms with Gasteiger partial charge < -0.3 is 10.6 Å². The molecule has 0 saturated carbocycles. The van der Waals surface area contributed by atoms with Gasteiger partial charge in [-0.15, -0.1) is 0 Å². The van der Waals surface area contributed by atoms with E-state index in [4.69, 9.17) is 0 Å². The van der Waals surface area contributed by atoms with Gasteiger partial charge in [0.25, 0.3) is 0 Å². The molecule has 1 aromatic rings. The van der Waals surface area contributed by atoms with Crippen molar-refractivity contribution >= 4 is 0 Å². The van der Waals surface area contributed by atoms with Gasteiger partial charge in [-0.1, -0.05) is 31.2 Å². The van der Waals surface area contributed by atoms with E-state index in [1.54, 1.807) is 0 Å². The third kappa shape index (κ3) is 3.05. The van der Waals surface area contributed by atoms with Crippen LogP contribution >= 0.6 is 0 Å². The first-order valence-electron chi connectivity index (χ1n) is 5.90. The molecule has 2 rings (SSSR count). The third-order valence-corrected chi connectivity index (χ3v) is 3.04. The van der Waals surface area contributed by atoms with Crippen LogP contribution in [0.3, 0.4) is 0 Å². The number of hydrogen-bond acceptors (Lipinski definition) is 2. The van der Waals surface area contributed by atoms with E-state index in [2.05, 4.69) is 41.8 Å². The van der Waals surface area contributed by atoms with Crippen LogP contribution in [0, 0.1) is 0 Å². The summed E-state index contributed by atoms with van der Waals surface area (Å²) in [6.07, 6.45) is 2.26. The normalized spacial score (nSPS) is 21.5. The molecule has 1 fully saturated rings. The average Bonchev–Trinajstić information content (AvgIpc) is 2.31. The van der Waals surface area contributed by atoms with Crippen LogP contribution in [-0.4, -0.2) is 25.7 Å². The summed E-state index contributed by atoms with van der Waals surface area (Å²) >= 11 is 0. The zero-order valence-electron chi connectivity index (χ0n) is 9.42. The maximum Gasteiger partial charge on any atom is 0.0233 e. The highest BCUT2D eigenvalue weighted by Gasteiger charge is 2.11. The summed E-state index contributed by atoms with van der Waals surface area (Å²) in [4.78, 5) is 0. The fourth-order valence-corrected chi connectivity index (χ4v) is 2.05. The number of benzene rings is 1. The van der Waals surface area contributed by atoms with Gasteiger partial charge in [0.1, 0.15) is 0 Å². The van der Waals surface area contributed by atoms with Crippen LogP contribution in [0.4, 0.5) is 0 Å². The fraction of sp³-hybridized carbons (Fsp3) is 0.538. The molecule has 0 amide bonds. The molecular formula is C13H20N2. The summed E-state index contributed by atoms with van der Waals surface area (Å²) < 4.78 is 0. The van der Waals surface area contributed by atoms with Crippen molar-refractivity contribution in [1.29, 1.82) is 0 Å². The first-order chi connectivity index (χ1) is 7.38. The van der Waals surface area contributed by atoms with Crippen LogP contribution in [0.1, 0.15) is 18.1 Å². The molecule has 1 saturated heterocycles. The summed E-state index contributed by atoms with van der Waals surface area (Å²) in [5, 5.41) is 6.95. The standard InChI is InChI=1S/C13H20N2/c1-2-11-3-5-12(6-4-11)9-13-10-14-7-8-15-13/h3-6,13-15H,2,7-10H2,1H3. The SMILES string of the molecule is CCc1ccc(CC2CNCCN2)cc1. The topological polar surface area (TPSA) is 24.1 Å². The van der Waals surface area contributed by atoms with E-state index in [9.17, 15) is 0 Å². The summed E-state index contributed by atoms with van der Waals surface area (Å²) in [5.74, 6) is 0. The zero-order valence-corrected chi connectivity index (χ0v) is 9.42. The largest absolute Gasteiger partial charge is 0.314 e. The molecule has 15 heavy (non-hydrogen) atoms. The Kier molecular flexibility index (Phi) is 3.75.